The van der Waals surface area contributed by atoms with Crippen molar-refractivity contribution in [1.82, 2.24) is 20.3 Å². The zero-order chi connectivity index (χ0) is 22.0. The Morgan fingerprint density at radius 1 is 1.13 bits per heavy atom. The van der Waals surface area contributed by atoms with Gasteiger partial charge in [-0.15, -0.1) is 5.10 Å². The number of alkyl halides is 3. The van der Waals surface area contributed by atoms with E-state index in [1.54, 1.807) is 18.2 Å². The number of carbonyl (C=O) groups is 1. The number of rotatable bonds is 6. The number of benzene rings is 2. The van der Waals surface area contributed by atoms with Crippen LogP contribution in [0.5, 0.6) is 17.2 Å². The molecule has 162 valence electrons. The smallest absolute Gasteiger partial charge is 0.435 e. The van der Waals surface area contributed by atoms with Gasteiger partial charge >= 0.3 is 6.18 Å². The zero-order valence-corrected chi connectivity index (χ0v) is 15.6. The Balaban J connectivity index is 1.42. The number of nitrogens with one attached hydrogen (secondary N) is 1. The number of hydrogen-bond donors (Lipinski definition) is 1. The van der Waals surface area contributed by atoms with Gasteiger partial charge in [0.15, 0.2) is 22.9 Å². The van der Waals surface area contributed by atoms with E-state index in [2.05, 4.69) is 15.6 Å². The molecule has 0 fully saturated rings. The third-order valence-corrected chi connectivity index (χ3v) is 4.23. The van der Waals surface area contributed by atoms with Crippen molar-refractivity contribution in [2.75, 3.05) is 19.9 Å². The molecule has 1 aliphatic heterocycles. The summed E-state index contributed by atoms with van der Waals surface area (Å²) in [6.07, 6.45) is -4.92. The zero-order valence-electron chi connectivity index (χ0n) is 15.6. The topological polar surface area (TPSA) is 87.5 Å². The Hall–Kier alpha value is -3.83. The molecule has 0 radical (unpaired) electrons. The second-order valence-corrected chi connectivity index (χ2v) is 6.29. The molecule has 2 heterocycles. The summed E-state index contributed by atoms with van der Waals surface area (Å²) >= 11 is 0. The van der Waals surface area contributed by atoms with Crippen molar-refractivity contribution in [2.45, 2.75) is 6.18 Å². The highest BCUT2D eigenvalue weighted by Crippen LogP contribution is 2.35. The van der Waals surface area contributed by atoms with E-state index in [4.69, 9.17) is 14.2 Å². The molecule has 0 saturated carbocycles. The average Bonchev–Trinajstić information content (AvgIpc) is 3.38. The molecule has 1 N–H and O–H groups in total. The van der Waals surface area contributed by atoms with Gasteiger partial charge in [0.25, 0.3) is 5.91 Å². The van der Waals surface area contributed by atoms with Gasteiger partial charge in [-0.3, -0.25) is 4.79 Å². The minimum atomic E-state index is -4.92. The number of hydrogen-bond acceptors (Lipinski definition) is 6. The van der Waals surface area contributed by atoms with Crippen molar-refractivity contribution in [1.29, 1.82) is 0 Å². The molecule has 2 aromatic carbocycles. The Morgan fingerprint density at radius 2 is 1.87 bits per heavy atom. The maximum absolute atomic E-state index is 13.6. The molecule has 0 saturated heterocycles. The Bertz CT molecular complexity index is 1100. The molecule has 1 aliphatic rings. The van der Waals surface area contributed by atoms with Gasteiger partial charge in [0.05, 0.1) is 12.2 Å². The van der Waals surface area contributed by atoms with Crippen LogP contribution in [-0.4, -0.2) is 40.8 Å². The monoisotopic (exact) mass is 438 g/mol. The van der Waals surface area contributed by atoms with E-state index in [0.717, 1.165) is 24.3 Å². The predicted molar refractivity (Wildman–Crippen MR) is 96.7 cm³/mol. The first-order valence-corrected chi connectivity index (χ1v) is 8.92. The molecule has 3 aromatic rings. The van der Waals surface area contributed by atoms with Gasteiger partial charge in [-0.05, 0) is 36.4 Å². The fourth-order valence-electron chi connectivity index (χ4n) is 2.84. The van der Waals surface area contributed by atoms with Crippen molar-refractivity contribution >= 4 is 5.91 Å². The standard InChI is InChI=1S/C19H14F4N4O4/c20-11-1-3-12(4-2-11)27-17(19(21,22)23)16(25-26-27)18(28)24-7-8-29-13-5-6-14-15(9-13)31-10-30-14/h1-6,9H,7-8,10H2,(H,24,28). The first kappa shape index (κ1) is 20.4. The number of aromatic nitrogens is 3. The lowest BCUT2D eigenvalue weighted by Gasteiger charge is -2.11. The molecule has 8 nitrogen and oxygen atoms in total. The summed E-state index contributed by atoms with van der Waals surface area (Å²) in [6, 6.07) is 9.03. The minimum Gasteiger partial charge on any atom is -0.492 e. The van der Waals surface area contributed by atoms with Gasteiger partial charge in [0.1, 0.15) is 18.2 Å². The lowest BCUT2D eigenvalue weighted by atomic mass is 10.2. The molecule has 0 unspecified atom stereocenters. The molecule has 0 aliphatic carbocycles. The van der Waals surface area contributed by atoms with Gasteiger partial charge in [0.2, 0.25) is 6.79 Å². The largest absolute Gasteiger partial charge is 0.492 e. The summed E-state index contributed by atoms with van der Waals surface area (Å²) in [6.45, 7) is 0.00179. The fourth-order valence-corrected chi connectivity index (χ4v) is 2.84. The highest BCUT2D eigenvalue weighted by Gasteiger charge is 2.42. The molecule has 12 heteroatoms. The Labute approximate surface area is 172 Å². The van der Waals surface area contributed by atoms with E-state index in [0.29, 0.717) is 21.9 Å². The van der Waals surface area contributed by atoms with Crippen LogP contribution < -0.4 is 19.5 Å². The van der Waals surface area contributed by atoms with Gasteiger partial charge in [0, 0.05) is 6.07 Å². The van der Waals surface area contributed by atoms with Gasteiger partial charge in [-0.2, -0.15) is 13.2 Å². The van der Waals surface area contributed by atoms with E-state index in [1.165, 1.54) is 0 Å². The van der Waals surface area contributed by atoms with Crippen molar-refractivity contribution in [3.8, 4) is 22.9 Å². The molecule has 0 bridgehead atoms. The van der Waals surface area contributed by atoms with Crippen LogP contribution in [0, 0.1) is 5.82 Å². The molecular weight excluding hydrogens is 424 g/mol. The summed E-state index contributed by atoms with van der Waals surface area (Å²) < 4.78 is 70.1. The average molecular weight is 438 g/mol. The third-order valence-electron chi connectivity index (χ3n) is 4.23. The quantitative estimate of drug-likeness (QED) is 0.471. The molecule has 1 aromatic heterocycles. The molecule has 1 amide bonds. The number of ether oxygens (including phenoxy) is 3. The lowest BCUT2D eigenvalue weighted by molar-refractivity contribution is -0.143. The summed E-state index contributed by atoms with van der Waals surface area (Å²) in [5, 5.41) is 9.10. The number of amides is 1. The molecule has 31 heavy (non-hydrogen) atoms. The highest BCUT2D eigenvalue weighted by atomic mass is 19.4. The van der Waals surface area contributed by atoms with E-state index < -0.39 is 29.3 Å². The molecule has 0 spiro atoms. The third kappa shape index (κ3) is 4.37. The minimum absolute atomic E-state index is 0.0150. The fraction of sp³-hybridized carbons (Fsp3) is 0.211. The lowest BCUT2D eigenvalue weighted by Crippen LogP contribution is -2.30. The van der Waals surface area contributed by atoms with E-state index in [9.17, 15) is 22.4 Å². The number of fused-ring (bicyclic) bond motifs is 1. The van der Waals surface area contributed by atoms with E-state index >= 15 is 0 Å². The maximum atomic E-state index is 13.6. The summed E-state index contributed by atoms with van der Waals surface area (Å²) in [7, 11) is 0. The van der Waals surface area contributed by atoms with Crippen LogP contribution in [0.15, 0.2) is 42.5 Å². The van der Waals surface area contributed by atoms with Crippen LogP contribution in [0.4, 0.5) is 17.6 Å². The van der Waals surface area contributed by atoms with Crippen molar-refractivity contribution in [3.63, 3.8) is 0 Å². The van der Waals surface area contributed by atoms with E-state index in [-0.39, 0.29) is 25.6 Å². The van der Waals surface area contributed by atoms with Crippen LogP contribution in [-0.2, 0) is 6.18 Å². The van der Waals surface area contributed by atoms with E-state index in [1.807, 2.05) is 0 Å². The normalized spacial score (nSPS) is 12.6. The van der Waals surface area contributed by atoms with Gasteiger partial charge in [-0.25, -0.2) is 9.07 Å². The maximum Gasteiger partial charge on any atom is 0.435 e. The van der Waals surface area contributed by atoms with Crippen LogP contribution in [0.25, 0.3) is 5.69 Å². The second kappa shape index (κ2) is 8.13. The molecule has 4 rings (SSSR count). The SMILES string of the molecule is O=C(NCCOc1ccc2c(c1)OCO2)c1nnn(-c2ccc(F)cc2)c1C(F)(F)F. The molecular formula is C19H14F4N4O4. The molecule has 0 atom stereocenters. The van der Waals surface area contributed by atoms with Crippen LogP contribution in [0.3, 0.4) is 0 Å². The highest BCUT2D eigenvalue weighted by molar-refractivity contribution is 5.93. The summed E-state index contributed by atoms with van der Waals surface area (Å²) in [5.41, 5.74) is -2.36. The number of nitrogens with zero attached hydrogens (tertiary/aromatic N) is 3. The van der Waals surface area contributed by atoms with Crippen molar-refractivity contribution in [3.05, 3.63) is 59.7 Å². The first-order valence-electron chi connectivity index (χ1n) is 8.92. The summed E-state index contributed by atoms with van der Waals surface area (Å²) in [5.74, 6) is -0.178. The van der Waals surface area contributed by atoms with Crippen LogP contribution >= 0.6 is 0 Å². The van der Waals surface area contributed by atoms with Crippen molar-refractivity contribution in [2.24, 2.45) is 0 Å². The summed E-state index contributed by atoms with van der Waals surface area (Å²) in [4.78, 5) is 12.3. The van der Waals surface area contributed by atoms with Gasteiger partial charge < -0.3 is 19.5 Å². The Kier molecular flexibility index (Phi) is 5.36. The van der Waals surface area contributed by atoms with Crippen molar-refractivity contribution < 1.29 is 36.6 Å². The number of carbonyl (C=O) groups excluding carboxylic acids is 1. The predicted octanol–water partition coefficient (Wildman–Crippen LogP) is 2.96. The van der Waals surface area contributed by atoms with Crippen LogP contribution in [0.2, 0.25) is 0 Å². The van der Waals surface area contributed by atoms with Crippen LogP contribution in [0.1, 0.15) is 16.2 Å². The second-order valence-electron chi connectivity index (χ2n) is 6.29. The number of halogens is 4. The van der Waals surface area contributed by atoms with Gasteiger partial charge in [-0.1, -0.05) is 5.21 Å². The Morgan fingerprint density at radius 3 is 2.61 bits per heavy atom. The first-order chi connectivity index (χ1) is 14.8.